The largest absolute Gasteiger partial charge is 0.463 e. The van der Waals surface area contributed by atoms with Gasteiger partial charge in [-0.2, -0.15) is 0 Å². The lowest BCUT2D eigenvalue weighted by atomic mass is 9.85. The van der Waals surface area contributed by atoms with Crippen molar-refractivity contribution in [1.82, 2.24) is 5.32 Å². The fourth-order valence-electron chi connectivity index (χ4n) is 3.74. The maximum absolute atomic E-state index is 13.1. The molecule has 1 aromatic rings. The molecular weight excluding hydrogens is 452 g/mol. The van der Waals surface area contributed by atoms with Gasteiger partial charge in [0.2, 0.25) is 0 Å². The summed E-state index contributed by atoms with van der Waals surface area (Å²) in [6.45, 7) is 10.2. The number of ether oxygens (including phenoxy) is 3. The molecule has 1 atom stereocenters. The molecule has 0 unspecified atom stereocenters. The first kappa shape index (κ1) is 27.6. The smallest absolute Gasteiger partial charge is 0.337 e. The van der Waals surface area contributed by atoms with Crippen molar-refractivity contribution >= 4 is 29.5 Å². The molecule has 1 heterocycles. The molecule has 0 saturated heterocycles. The average molecular weight is 487 g/mol. The third-order valence-corrected chi connectivity index (χ3v) is 5.71. The number of carbonyl (C=O) groups is 4. The minimum absolute atomic E-state index is 0.0634. The predicted molar refractivity (Wildman–Crippen MR) is 130 cm³/mol. The highest BCUT2D eigenvalue weighted by Gasteiger charge is 2.42. The first-order valence-electron chi connectivity index (χ1n) is 11.7. The van der Waals surface area contributed by atoms with E-state index in [1.54, 1.807) is 39.8 Å². The third-order valence-electron chi connectivity index (χ3n) is 5.71. The molecule has 0 saturated carbocycles. The third kappa shape index (κ3) is 6.94. The molecule has 9 nitrogen and oxygen atoms in total. The quantitative estimate of drug-likeness (QED) is 0.380. The maximum Gasteiger partial charge on any atom is 0.337 e. The van der Waals surface area contributed by atoms with E-state index in [1.165, 1.54) is 0 Å². The second kappa shape index (κ2) is 12.7. The zero-order valence-electron chi connectivity index (χ0n) is 21.2. The van der Waals surface area contributed by atoms with Gasteiger partial charge >= 0.3 is 17.9 Å². The van der Waals surface area contributed by atoms with Crippen LogP contribution in [0.25, 0.3) is 0 Å². The van der Waals surface area contributed by atoms with Crippen molar-refractivity contribution in [2.24, 2.45) is 5.92 Å². The lowest BCUT2D eigenvalue weighted by Crippen LogP contribution is -2.39. The summed E-state index contributed by atoms with van der Waals surface area (Å²) in [5.41, 5.74) is 2.29. The monoisotopic (exact) mass is 486 g/mol. The van der Waals surface area contributed by atoms with E-state index in [4.69, 9.17) is 14.2 Å². The standard InChI is InChI=1S/C26H34N2O7/c1-7-15(4)18-10-12-19(13-11-18)28-20(29)14-35-26(32)23-21(24(30)33-8-2)16(5)27-17(6)22(23)25(31)34-9-3/h10-13,15,23,27H,7-9,14H2,1-6H3,(H,28,29)/t15-/m0/s1. The molecule has 0 bridgehead atoms. The molecule has 9 heteroatoms. The molecule has 0 fully saturated rings. The first-order chi connectivity index (χ1) is 16.6. The fraction of sp³-hybridized carbons (Fsp3) is 0.462. The van der Waals surface area contributed by atoms with E-state index in [-0.39, 0.29) is 24.4 Å². The molecular formula is C26H34N2O7. The minimum Gasteiger partial charge on any atom is -0.463 e. The molecule has 1 aliphatic rings. The van der Waals surface area contributed by atoms with E-state index >= 15 is 0 Å². The number of allylic oxidation sites excluding steroid dienone is 2. The van der Waals surface area contributed by atoms with Crippen LogP contribution in [0.4, 0.5) is 5.69 Å². The highest BCUT2D eigenvalue weighted by molar-refractivity contribution is 6.06. The van der Waals surface area contributed by atoms with Gasteiger partial charge in [0, 0.05) is 17.1 Å². The van der Waals surface area contributed by atoms with Crippen molar-refractivity contribution in [3.63, 3.8) is 0 Å². The average Bonchev–Trinajstić information content (AvgIpc) is 2.82. The second-order valence-electron chi connectivity index (χ2n) is 8.16. The number of dihydropyridines is 1. The summed E-state index contributed by atoms with van der Waals surface area (Å²) in [7, 11) is 0. The molecule has 0 spiro atoms. The Kier molecular flexibility index (Phi) is 10.1. The first-order valence-corrected chi connectivity index (χ1v) is 11.7. The zero-order valence-corrected chi connectivity index (χ0v) is 21.2. The molecule has 0 aliphatic carbocycles. The van der Waals surface area contributed by atoms with E-state index in [2.05, 4.69) is 24.5 Å². The van der Waals surface area contributed by atoms with Gasteiger partial charge < -0.3 is 24.8 Å². The van der Waals surface area contributed by atoms with Crippen molar-refractivity contribution in [2.45, 2.75) is 53.9 Å². The number of hydrogen-bond acceptors (Lipinski definition) is 8. The van der Waals surface area contributed by atoms with Crippen LogP contribution in [0, 0.1) is 5.92 Å². The van der Waals surface area contributed by atoms with Gasteiger partial charge in [-0.15, -0.1) is 0 Å². The van der Waals surface area contributed by atoms with Crippen molar-refractivity contribution in [1.29, 1.82) is 0 Å². The van der Waals surface area contributed by atoms with Crippen LogP contribution in [0.15, 0.2) is 46.8 Å². The van der Waals surface area contributed by atoms with Gasteiger partial charge in [0.15, 0.2) is 6.61 Å². The van der Waals surface area contributed by atoms with Gasteiger partial charge in [-0.05, 0) is 57.7 Å². The molecule has 1 amide bonds. The second-order valence-corrected chi connectivity index (χ2v) is 8.16. The van der Waals surface area contributed by atoms with Crippen molar-refractivity contribution in [3.8, 4) is 0 Å². The number of amides is 1. The Labute approximate surface area is 205 Å². The Morgan fingerprint density at radius 2 is 1.40 bits per heavy atom. The Morgan fingerprint density at radius 1 is 0.886 bits per heavy atom. The van der Waals surface area contributed by atoms with Crippen LogP contribution in [0.2, 0.25) is 0 Å². The van der Waals surface area contributed by atoms with Gasteiger partial charge in [-0.1, -0.05) is 26.0 Å². The SMILES string of the molecule is CCOC(=O)C1=C(C)NC(C)=C(C(=O)OCC)C1C(=O)OCC(=O)Nc1ccc([C@@H](C)CC)cc1. The van der Waals surface area contributed by atoms with Gasteiger partial charge in [0.1, 0.15) is 5.92 Å². The Balaban J connectivity index is 2.19. The van der Waals surface area contributed by atoms with Crippen molar-refractivity contribution in [2.75, 3.05) is 25.1 Å². The Bertz CT molecular complexity index is 985. The zero-order chi connectivity index (χ0) is 26.1. The van der Waals surface area contributed by atoms with E-state index in [0.29, 0.717) is 23.0 Å². The van der Waals surface area contributed by atoms with E-state index in [1.807, 2.05) is 12.1 Å². The minimum atomic E-state index is -1.39. The van der Waals surface area contributed by atoms with Crippen molar-refractivity contribution < 1.29 is 33.4 Å². The predicted octanol–water partition coefficient (Wildman–Crippen LogP) is 3.58. The Morgan fingerprint density at radius 3 is 1.86 bits per heavy atom. The van der Waals surface area contributed by atoms with Gasteiger partial charge in [-0.25, -0.2) is 9.59 Å². The van der Waals surface area contributed by atoms with E-state index < -0.39 is 36.3 Å². The Hall–Kier alpha value is -3.62. The molecule has 2 rings (SSSR count). The molecule has 1 aliphatic heterocycles. The van der Waals surface area contributed by atoms with Crippen LogP contribution in [-0.4, -0.2) is 43.6 Å². The maximum atomic E-state index is 13.1. The van der Waals surface area contributed by atoms with Crippen LogP contribution in [-0.2, 0) is 33.4 Å². The summed E-state index contributed by atoms with van der Waals surface area (Å²) < 4.78 is 15.4. The summed E-state index contributed by atoms with van der Waals surface area (Å²) >= 11 is 0. The topological polar surface area (TPSA) is 120 Å². The fourth-order valence-corrected chi connectivity index (χ4v) is 3.74. The van der Waals surface area contributed by atoms with Crippen LogP contribution >= 0.6 is 0 Å². The highest BCUT2D eigenvalue weighted by Crippen LogP contribution is 2.32. The molecule has 0 aromatic heterocycles. The number of hydrogen-bond donors (Lipinski definition) is 2. The lowest BCUT2D eigenvalue weighted by molar-refractivity contribution is -0.153. The summed E-state index contributed by atoms with van der Waals surface area (Å²) in [6, 6.07) is 7.43. The molecule has 35 heavy (non-hydrogen) atoms. The normalized spacial score (nSPS) is 14.7. The van der Waals surface area contributed by atoms with E-state index in [9.17, 15) is 19.2 Å². The summed E-state index contributed by atoms with van der Waals surface area (Å²) in [5, 5.41) is 5.60. The van der Waals surface area contributed by atoms with Crippen LogP contribution in [0.1, 0.15) is 59.4 Å². The summed E-state index contributed by atoms with van der Waals surface area (Å²) in [5.74, 6) is -4.00. The lowest BCUT2D eigenvalue weighted by Gasteiger charge is -2.28. The molecule has 190 valence electrons. The highest BCUT2D eigenvalue weighted by atomic mass is 16.5. The van der Waals surface area contributed by atoms with Gasteiger partial charge in [0.25, 0.3) is 5.91 Å². The van der Waals surface area contributed by atoms with E-state index in [0.717, 1.165) is 12.0 Å². The van der Waals surface area contributed by atoms with Gasteiger partial charge in [0.05, 0.1) is 24.4 Å². The number of anilines is 1. The number of benzene rings is 1. The summed E-state index contributed by atoms with van der Waals surface area (Å²) in [6.07, 6.45) is 1.00. The number of nitrogens with one attached hydrogen (secondary N) is 2. The van der Waals surface area contributed by atoms with Crippen LogP contribution in [0.3, 0.4) is 0 Å². The van der Waals surface area contributed by atoms with Crippen molar-refractivity contribution in [3.05, 3.63) is 52.4 Å². The van der Waals surface area contributed by atoms with Crippen LogP contribution in [0.5, 0.6) is 0 Å². The van der Waals surface area contributed by atoms with Crippen LogP contribution < -0.4 is 10.6 Å². The number of carbonyl (C=O) groups excluding carboxylic acids is 4. The number of rotatable bonds is 10. The molecule has 2 N–H and O–H groups in total. The number of esters is 3. The summed E-state index contributed by atoms with van der Waals surface area (Å²) in [4.78, 5) is 50.9. The molecule has 1 aromatic carbocycles. The molecule has 0 radical (unpaired) electrons. The van der Waals surface area contributed by atoms with Gasteiger partial charge in [-0.3, -0.25) is 9.59 Å².